The molecule has 0 bridgehead atoms. The number of piperidine rings is 1. The quantitative estimate of drug-likeness (QED) is 0.751. The van der Waals surface area contributed by atoms with Gasteiger partial charge >= 0.3 is 0 Å². The van der Waals surface area contributed by atoms with E-state index in [0.29, 0.717) is 19.5 Å². The molecule has 29 heavy (non-hydrogen) atoms. The van der Waals surface area contributed by atoms with Crippen LogP contribution in [0.5, 0.6) is 0 Å². The van der Waals surface area contributed by atoms with E-state index in [9.17, 15) is 9.59 Å². The Balaban J connectivity index is 1.95. The molecular weight excluding hydrogens is 384 g/mol. The predicted octanol–water partition coefficient (Wildman–Crippen LogP) is 3.74. The fourth-order valence-electron chi connectivity index (χ4n) is 4.10. The van der Waals surface area contributed by atoms with Crippen LogP contribution in [0, 0.1) is 5.41 Å². The molecular formula is C23H30N2O3S. The van der Waals surface area contributed by atoms with Gasteiger partial charge in [-0.05, 0) is 55.7 Å². The van der Waals surface area contributed by atoms with Crippen LogP contribution in [0.3, 0.4) is 0 Å². The first-order chi connectivity index (χ1) is 13.9. The van der Waals surface area contributed by atoms with Crippen LogP contribution >= 0.6 is 11.3 Å². The lowest BCUT2D eigenvalue weighted by Gasteiger charge is -2.42. The smallest absolute Gasteiger partial charge is 0.248 e. The summed E-state index contributed by atoms with van der Waals surface area (Å²) in [4.78, 5) is 28.9. The molecule has 0 saturated carbocycles. The number of ether oxygens (including phenoxy) is 1. The molecule has 1 fully saturated rings. The highest BCUT2D eigenvalue weighted by molar-refractivity contribution is 7.13. The highest BCUT2D eigenvalue weighted by Crippen LogP contribution is 2.38. The Hall–Kier alpha value is -2.18. The van der Waals surface area contributed by atoms with Crippen LogP contribution in [0.4, 0.5) is 0 Å². The standard InChI is InChI=1S/C23H30N2O3S/c1-17(2)24-22(27)23(11-7-12-25(16-23)21(26)15-28-3)14-18-8-4-5-9-19(18)20-10-6-13-29-20/h4-6,8-10,13,17H,7,11-12,14-16H2,1-3H3,(H,24,27)/t23-/m0/s1. The normalized spacial score (nSPS) is 19.4. The molecule has 156 valence electrons. The number of hydrogen-bond acceptors (Lipinski definition) is 4. The zero-order valence-electron chi connectivity index (χ0n) is 17.4. The minimum Gasteiger partial charge on any atom is -0.375 e. The lowest BCUT2D eigenvalue weighted by atomic mass is 9.73. The molecule has 5 nitrogen and oxygen atoms in total. The number of benzene rings is 1. The first-order valence-corrected chi connectivity index (χ1v) is 11.0. The number of likely N-dealkylation sites (tertiary alicyclic amines) is 1. The number of rotatable bonds is 7. The molecule has 2 heterocycles. The third-order valence-corrected chi connectivity index (χ3v) is 6.33. The van der Waals surface area contributed by atoms with Crippen molar-refractivity contribution >= 4 is 23.2 Å². The molecule has 0 radical (unpaired) electrons. The number of amides is 2. The number of hydrogen-bond donors (Lipinski definition) is 1. The fraction of sp³-hybridized carbons (Fsp3) is 0.478. The number of nitrogens with zero attached hydrogens (tertiary/aromatic N) is 1. The molecule has 1 saturated heterocycles. The number of methoxy groups -OCH3 is 1. The SMILES string of the molecule is COCC(=O)N1CCC[C@@](Cc2ccccc2-c2cccs2)(C(=O)NC(C)C)C1. The number of thiophene rings is 1. The molecule has 1 aromatic carbocycles. The first-order valence-electron chi connectivity index (χ1n) is 10.1. The van der Waals surface area contributed by atoms with Crippen LogP contribution in [0.15, 0.2) is 41.8 Å². The van der Waals surface area contributed by atoms with Crippen molar-refractivity contribution in [2.75, 3.05) is 26.8 Å². The molecule has 1 aliphatic heterocycles. The minimum absolute atomic E-state index is 0.0309. The van der Waals surface area contributed by atoms with Crippen LogP contribution in [-0.4, -0.2) is 49.6 Å². The summed E-state index contributed by atoms with van der Waals surface area (Å²) < 4.78 is 5.05. The van der Waals surface area contributed by atoms with Gasteiger partial charge in [0.05, 0.1) is 5.41 Å². The van der Waals surface area contributed by atoms with Gasteiger partial charge in [-0.3, -0.25) is 9.59 Å². The van der Waals surface area contributed by atoms with Crippen LogP contribution < -0.4 is 5.32 Å². The average molecular weight is 415 g/mol. The lowest BCUT2D eigenvalue weighted by molar-refractivity contribution is -0.144. The number of nitrogens with one attached hydrogen (secondary N) is 1. The first kappa shape index (κ1) is 21.5. The fourth-order valence-corrected chi connectivity index (χ4v) is 4.88. The van der Waals surface area contributed by atoms with Crippen molar-refractivity contribution in [3.63, 3.8) is 0 Å². The molecule has 1 N–H and O–H groups in total. The van der Waals surface area contributed by atoms with E-state index in [2.05, 4.69) is 28.9 Å². The van der Waals surface area contributed by atoms with Crippen LogP contribution in [-0.2, 0) is 20.7 Å². The second-order valence-electron chi connectivity index (χ2n) is 8.07. The minimum atomic E-state index is -0.640. The van der Waals surface area contributed by atoms with Crippen molar-refractivity contribution in [3.05, 3.63) is 47.3 Å². The average Bonchev–Trinajstić information content (AvgIpc) is 3.23. The van der Waals surface area contributed by atoms with E-state index in [1.54, 1.807) is 16.2 Å². The van der Waals surface area contributed by atoms with Crippen LogP contribution in [0.2, 0.25) is 0 Å². The van der Waals surface area contributed by atoms with Crippen molar-refractivity contribution in [1.82, 2.24) is 10.2 Å². The van der Waals surface area contributed by atoms with Gasteiger partial charge in [0.2, 0.25) is 11.8 Å². The topological polar surface area (TPSA) is 58.6 Å². The summed E-state index contributed by atoms with van der Waals surface area (Å²) in [7, 11) is 1.53. The molecule has 0 unspecified atom stereocenters. The van der Waals surface area contributed by atoms with E-state index in [1.807, 2.05) is 32.0 Å². The van der Waals surface area contributed by atoms with E-state index in [-0.39, 0.29) is 24.5 Å². The molecule has 6 heteroatoms. The van der Waals surface area contributed by atoms with Gasteiger partial charge < -0.3 is 15.0 Å². The number of carbonyl (C=O) groups is 2. The highest BCUT2D eigenvalue weighted by Gasteiger charge is 2.44. The maximum absolute atomic E-state index is 13.4. The Bertz CT molecular complexity index is 834. The van der Waals surface area contributed by atoms with Gasteiger partial charge in [0, 0.05) is 31.1 Å². The van der Waals surface area contributed by atoms with Crippen molar-refractivity contribution < 1.29 is 14.3 Å². The summed E-state index contributed by atoms with van der Waals surface area (Å²) >= 11 is 1.70. The second-order valence-corrected chi connectivity index (χ2v) is 9.02. The van der Waals surface area contributed by atoms with Crippen LogP contribution in [0.1, 0.15) is 32.3 Å². The van der Waals surface area contributed by atoms with E-state index < -0.39 is 5.41 Å². The van der Waals surface area contributed by atoms with Gasteiger partial charge in [-0.15, -0.1) is 11.3 Å². The number of carbonyl (C=O) groups excluding carboxylic acids is 2. The maximum atomic E-state index is 13.4. The van der Waals surface area contributed by atoms with Gasteiger partial charge in [0.15, 0.2) is 0 Å². The molecule has 2 aromatic rings. The van der Waals surface area contributed by atoms with Crippen molar-refractivity contribution in [3.8, 4) is 10.4 Å². The summed E-state index contributed by atoms with van der Waals surface area (Å²) in [5.41, 5.74) is 1.67. The molecule has 1 aromatic heterocycles. The molecule has 3 rings (SSSR count). The van der Waals surface area contributed by atoms with E-state index in [0.717, 1.165) is 18.4 Å². The Labute approximate surface area is 177 Å². The summed E-state index contributed by atoms with van der Waals surface area (Å²) in [5.74, 6) is -0.0242. The van der Waals surface area contributed by atoms with Gasteiger partial charge in [-0.1, -0.05) is 30.3 Å². The second kappa shape index (κ2) is 9.55. The summed E-state index contributed by atoms with van der Waals surface area (Å²) in [5, 5.41) is 5.18. The van der Waals surface area contributed by atoms with E-state index in [4.69, 9.17) is 4.74 Å². The van der Waals surface area contributed by atoms with Crippen molar-refractivity contribution in [1.29, 1.82) is 0 Å². The predicted molar refractivity (Wildman–Crippen MR) is 117 cm³/mol. The maximum Gasteiger partial charge on any atom is 0.248 e. The zero-order chi connectivity index (χ0) is 20.9. The molecule has 0 spiro atoms. The van der Waals surface area contributed by atoms with E-state index in [1.165, 1.54) is 17.6 Å². The Morgan fingerprint density at radius 2 is 2.03 bits per heavy atom. The summed E-state index contributed by atoms with van der Waals surface area (Å²) in [6.07, 6.45) is 2.18. The van der Waals surface area contributed by atoms with Crippen molar-refractivity contribution in [2.24, 2.45) is 5.41 Å². The lowest BCUT2D eigenvalue weighted by Crippen LogP contribution is -2.56. The largest absolute Gasteiger partial charge is 0.375 e. The molecule has 0 aliphatic carbocycles. The van der Waals surface area contributed by atoms with Gasteiger partial charge in [0.25, 0.3) is 0 Å². The van der Waals surface area contributed by atoms with Crippen molar-refractivity contribution in [2.45, 2.75) is 39.2 Å². The third kappa shape index (κ3) is 5.06. The molecule has 1 atom stereocenters. The molecule has 2 amide bonds. The summed E-state index contributed by atoms with van der Waals surface area (Å²) in [6, 6.07) is 12.5. The van der Waals surface area contributed by atoms with E-state index >= 15 is 0 Å². The highest BCUT2D eigenvalue weighted by atomic mass is 32.1. The Morgan fingerprint density at radius 1 is 1.24 bits per heavy atom. The molecule has 1 aliphatic rings. The third-order valence-electron chi connectivity index (χ3n) is 5.43. The monoisotopic (exact) mass is 414 g/mol. The van der Waals surface area contributed by atoms with Gasteiger partial charge in [0.1, 0.15) is 6.61 Å². The van der Waals surface area contributed by atoms with Gasteiger partial charge in [-0.2, -0.15) is 0 Å². The zero-order valence-corrected chi connectivity index (χ0v) is 18.3. The summed E-state index contributed by atoms with van der Waals surface area (Å²) in [6.45, 7) is 5.09. The van der Waals surface area contributed by atoms with Gasteiger partial charge in [-0.25, -0.2) is 0 Å². The van der Waals surface area contributed by atoms with Crippen LogP contribution in [0.25, 0.3) is 10.4 Å². The Kier molecular flexibility index (Phi) is 7.09. The Morgan fingerprint density at radius 3 is 2.72 bits per heavy atom.